The summed E-state index contributed by atoms with van der Waals surface area (Å²) in [5.41, 5.74) is 1.30. The highest BCUT2D eigenvalue weighted by atomic mass is 16.5. The molecule has 6 heteroatoms. The van der Waals surface area contributed by atoms with Crippen molar-refractivity contribution in [1.82, 2.24) is 14.6 Å². The van der Waals surface area contributed by atoms with E-state index in [1.165, 1.54) is 0 Å². The van der Waals surface area contributed by atoms with Crippen molar-refractivity contribution in [3.8, 4) is 5.88 Å². The molecule has 17 heavy (non-hydrogen) atoms. The summed E-state index contributed by atoms with van der Waals surface area (Å²) >= 11 is 0. The van der Waals surface area contributed by atoms with Crippen LogP contribution in [0.25, 0.3) is 5.65 Å². The molecule has 0 atom stereocenters. The number of fused-ring (bicyclic) bond motifs is 1. The fourth-order valence-corrected chi connectivity index (χ4v) is 1.47. The van der Waals surface area contributed by atoms with Crippen LogP contribution in [0.1, 0.15) is 12.6 Å². The molecular formula is C11H13N3O3. The number of esters is 1. The monoisotopic (exact) mass is 235 g/mol. The van der Waals surface area contributed by atoms with Crippen LogP contribution < -0.4 is 4.74 Å². The molecule has 0 saturated heterocycles. The molecule has 0 N–H and O–H groups in total. The van der Waals surface area contributed by atoms with Crippen molar-refractivity contribution in [1.29, 1.82) is 0 Å². The summed E-state index contributed by atoms with van der Waals surface area (Å²) in [6.45, 7) is 2.15. The Morgan fingerprint density at radius 3 is 3.00 bits per heavy atom. The number of carbonyl (C=O) groups excluding carboxylic acids is 1. The average Bonchev–Trinajstić information content (AvgIpc) is 2.69. The third-order valence-electron chi connectivity index (χ3n) is 2.19. The topological polar surface area (TPSA) is 65.7 Å². The number of rotatable bonds is 4. The quantitative estimate of drug-likeness (QED) is 0.735. The molecule has 0 aliphatic carbocycles. The van der Waals surface area contributed by atoms with Gasteiger partial charge in [-0.2, -0.15) is 0 Å². The smallest absolute Gasteiger partial charge is 0.311 e. The van der Waals surface area contributed by atoms with Gasteiger partial charge >= 0.3 is 5.97 Å². The van der Waals surface area contributed by atoms with E-state index < -0.39 is 0 Å². The third-order valence-corrected chi connectivity index (χ3v) is 2.19. The zero-order valence-electron chi connectivity index (χ0n) is 9.71. The Balaban J connectivity index is 2.22. The summed E-state index contributed by atoms with van der Waals surface area (Å²) in [6, 6.07) is 3.50. The highest BCUT2D eigenvalue weighted by Gasteiger charge is 2.09. The van der Waals surface area contributed by atoms with E-state index in [-0.39, 0.29) is 12.4 Å². The number of nitrogens with zero attached hydrogens (tertiary/aromatic N) is 3. The fourth-order valence-electron chi connectivity index (χ4n) is 1.47. The molecule has 2 heterocycles. The lowest BCUT2D eigenvalue weighted by atomic mass is 10.3. The number of imidazole rings is 1. The van der Waals surface area contributed by atoms with Gasteiger partial charge in [-0.05, 0) is 13.0 Å². The Labute approximate surface area is 98.2 Å². The lowest BCUT2D eigenvalue weighted by molar-refractivity contribution is -0.142. The van der Waals surface area contributed by atoms with Gasteiger partial charge in [0.1, 0.15) is 0 Å². The van der Waals surface area contributed by atoms with Gasteiger partial charge in [-0.3, -0.25) is 4.79 Å². The van der Waals surface area contributed by atoms with Crippen LogP contribution in [0, 0.1) is 0 Å². The van der Waals surface area contributed by atoms with Crippen molar-refractivity contribution in [2.45, 2.75) is 13.3 Å². The lowest BCUT2D eigenvalue weighted by Crippen LogP contribution is -2.07. The van der Waals surface area contributed by atoms with Crippen LogP contribution in [0.5, 0.6) is 5.88 Å². The van der Waals surface area contributed by atoms with E-state index in [9.17, 15) is 4.79 Å². The molecule has 0 aliphatic rings. The second-order valence-electron chi connectivity index (χ2n) is 3.39. The summed E-state index contributed by atoms with van der Waals surface area (Å²) in [5, 5.41) is 4.15. The zero-order chi connectivity index (χ0) is 12.3. The molecular weight excluding hydrogens is 222 g/mol. The Morgan fingerprint density at radius 1 is 1.47 bits per heavy atom. The van der Waals surface area contributed by atoms with E-state index in [1.54, 1.807) is 36.9 Å². The van der Waals surface area contributed by atoms with Crippen molar-refractivity contribution >= 4 is 11.6 Å². The first kappa shape index (κ1) is 11.4. The number of hydrogen-bond donors (Lipinski definition) is 0. The summed E-state index contributed by atoms with van der Waals surface area (Å²) in [7, 11) is 1.55. The number of carbonyl (C=O) groups is 1. The zero-order valence-corrected chi connectivity index (χ0v) is 9.71. The van der Waals surface area contributed by atoms with Gasteiger partial charge in [0.25, 0.3) is 0 Å². The van der Waals surface area contributed by atoms with E-state index in [0.717, 1.165) is 0 Å². The summed E-state index contributed by atoms with van der Waals surface area (Å²) in [4.78, 5) is 15.6. The van der Waals surface area contributed by atoms with Crippen LogP contribution in [0.15, 0.2) is 18.3 Å². The largest absolute Gasteiger partial charge is 0.480 e. The Kier molecular flexibility index (Phi) is 3.22. The van der Waals surface area contributed by atoms with Crippen LogP contribution in [0.3, 0.4) is 0 Å². The van der Waals surface area contributed by atoms with E-state index >= 15 is 0 Å². The predicted molar refractivity (Wildman–Crippen MR) is 59.9 cm³/mol. The normalized spacial score (nSPS) is 10.5. The van der Waals surface area contributed by atoms with Gasteiger partial charge in [0.15, 0.2) is 5.65 Å². The minimum absolute atomic E-state index is 0.152. The van der Waals surface area contributed by atoms with Crippen molar-refractivity contribution in [2.24, 2.45) is 0 Å². The maximum atomic E-state index is 11.3. The Morgan fingerprint density at radius 2 is 2.29 bits per heavy atom. The van der Waals surface area contributed by atoms with Crippen molar-refractivity contribution in [3.05, 3.63) is 24.0 Å². The highest BCUT2D eigenvalue weighted by Crippen LogP contribution is 2.09. The summed E-state index contributed by atoms with van der Waals surface area (Å²) < 4.78 is 11.4. The molecule has 0 aliphatic heterocycles. The van der Waals surface area contributed by atoms with Crippen LogP contribution in [0.4, 0.5) is 0 Å². The van der Waals surface area contributed by atoms with E-state index in [0.29, 0.717) is 23.8 Å². The SMILES string of the molecule is CCOC(=O)Cc1cn2nc(OC)ccc2n1. The maximum Gasteiger partial charge on any atom is 0.311 e. The molecule has 0 amide bonds. The highest BCUT2D eigenvalue weighted by molar-refractivity contribution is 5.72. The molecule has 0 unspecified atom stereocenters. The van der Waals surface area contributed by atoms with Gasteiger partial charge in [-0.1, -0.05) is 0 Å². The van der Waals surface area contributed by atoms with Crippen LogP contribution in [0.2, 0.25) is 0 Å². The van der Waals surface area contributed by atoms with Crippen LogP contribution >= 0.6 is 0 Å². The molecule has 0 saturated carbocycles. The molecule has 0 fully saturated rings. The molecule has 0 radical (unpaired) electrons. The predicted octanol–water partition coefficient (Wildman–Crippen LogP) is 0.844. The lowest BCUT2D eigenvalue weighted by Gasteiger charge is -1.97. The molecule has 2 aromatic rings. The van der Waals surface area contributed by atoms with Crippen molar-refractivity contribution in [3.63, 3.8) is 0 Å². The van der Waals surface area contributed by atoms with Gasteiger partial charge in [0.2, 0.25) is 5.88 Å². The third kappa shape index (κ3) is 2.52. The molecule has 2 rings (SSSR count). The molecule has 0 aromatic carbocycles. The molecule has 6 nitrogen and oxygen atoms in total. The molecule has 0 spiro atoms. The average molecular weight is 235 g/mol. The van der Waals surface area contributed by atoms with E-state index in [2.05, 4.69) is 10.1 Å². The number of ether oxygens (including phenoxy) is 2. The number of methoxy groups -OCH3 is 1. The van der Waals surface area contributed by atoms with Crippen molar-refractivity contribution in [2.75, 3.05) is 13.7 Å². The van der Waals surface area contributed by atoms with Gasteiger partial charge in [-0.25, -0.2) is 9.50 Å². The van der Waals surface area contributed by atoms with Crippen molar-refractivity contribution < 1.29 is 14.3 Å². The molecule has 90 valence electrons. The van der Waals surface area contributed by atoms with E-state index in [1.807, 2.05) is 0 Å². The van der Waals surface area contributed by atoms with Gasteiger partial charge in [-0.15, -0.1) is 5.10 Å². The first-order chi connectivity index (χ1) is 8.22. The van der Waals surface area contributed by atoms with Gasteiger partial charge in [0.05, 0.1) is 32.0 Å². The molecule has 2 aromatic heterocycles. The molecule has 0 bridgehead atoms. The van der Waals surface area contributed by atoms with Crippen LogP contribution in [-0.4, -0.2) is 34.3 Å². The number of hydrogen-bond acceptors (Lipinski definition) is 5. The minimum atomic E-state index is -0.289. The van der Waals surface area contributed by atoms with E-state index in [4.69, 9.17) is 9.47 Å². The minimum Gasteiger partial charge on any atom is -0.480 e. The summed E-state index contributed by atoms with van der Waals surface area (Å²) in [5.74, 6) is 0.209. The first-order valence-electron chi connectivity index (χ1n) is 5.28. The Bertz CT molecular complexity index is 536. The summed E-state index contributed by atoms with van der Waals surface area (Å²) in [6.07, 6.45) is 1.84. The first-order valence-corrected chi connectivity index (χ1v) is 5.28. The van der Waals surface area contributed by atoms with Gasteiger partial charge < -0.3 is 9.47 Å². The van der Waals surface area contributed by atoms with Gasteiger partial charge in [0, 0.05) is 6.07 Å². The standard InChI is InChI=1S/C11H13N3O3/c1-3-17-11(15)6-8-7-14-9(12-8)4-5-10(13-14)16-2/h4-5,7H,3,6H2,1-2H3. The number of aromatic nitrogens is 3. The maximum absolute atomic E-state index is 11.3. The second-order valence-corrected chi connectivity index (χ2v) is 3.39. The fraction of sp³-hybridized carbons (Fsp3) is 0.364. The Hall–Kier alpha value is -2.11. The second kappa shape index (κ2) is 4.82. The van der Waals surface area contributed by atoms with Crippen LogP contribution in [-0.2, 0) is 16.0 Å².